The van der Waals surface area contributed by atoms with Gasteiger partial charge in [0.05, 0.1) is 0 Å². The fraction of sp³-hybridized carbons (Fsp3) is 0.250. The Kier molecular flexibility index (Phi) is 2.91. The maximum absolute atomic E-state index is 11.7. The largest absolute Gasteiger partial charge is 0.491 e. The molecule has 0 unspecified atom stereocenters. The second-order valence-corrected chi connectivity index (χ2v) is 3.63. The van der Waals surface area contributed by atoms with Crippen LogP contribution in [0.4, 0.5) is 0 Å². The van der Waals surface area contributed by atoms with E-state index in [9.17, 15) is 9.90 Å². The Bertz CT molecular complexity index is 569. The maximum atomic E-state index is 11.7. The van der Waals surface area contributed by atoms with Gasteiger partial charge in [-0.05, 0) is 19.1 Å². The summed E-state index contributed by atoms with van der Waals surface area (Å²) < 4.78 is 8.06. The van der Waals surface area contributed by atoms with E-state index in [1.165, 1.54) is 11.6 Å². The molecular formula is C12H14N2O3. The summed E-state index contributed by atoms with van der Waals surface area (Å²) in [7, 11) is 1.50. The van der Waals surface area contributed by atoms with E-state index in [-0.39, 0.29) is 17.4 Å². The Hall–Kier alpha value is -2.17. The van der Waals surface area contributed by atoms with Gasteiger partial charge in [-0.3, -0.25) is 9.13 Å². The molecule has 2 rings (SSSR count). The summed E-state index contributed by atoms with van der Waals surface area (Å²) in [6.45, 7) is 2.26. The molecule has 1 N–H and O–H groups in total. The molecule has 0 spiro atoms. The van der Waals surface area contributed by atoms with E-state index in [1.54, 1.807) is 12.1 Å². The smallest absolute Gasteiger partial charge is 0.333 e. The Morgan fingerprint density at radius 1 is 1.29 bits per heavy atom. The minimum Gasteiger partial charge on any atom is -0.491 e. The average molecular weight is 234 g/mol. The molecule has 2 aromatic rings. The highest BCUT2D eigenvalue weighted by Crippen LogP contribution is 2.28. The first kappa shape index (κ1) is 11.3. The van der Waals surface area contributed by atoms with Crippen LogP contribution in [0.2, 0.25) is 0 Å². The third-order valence-corrected chi connectivity index (χ3v) is 2.55. The number of hydrogen-bond donors (Lipinski definition) is 1. The highest BCUT2D eigenvalue weighted by atomic mass is 16.5. The first-order valence-electron chi connectivity index (χ1n) is 5.36. The third-order valence-electron chi connectivity index (χ3n) is 2.55. The van der Waals surface area contributed by atoms with E-state index < -0.39 is 0 Å². The molecule has 0 atom stereocenters. The zero-order valence-corrected chi connectivity index (χ0v) is 9.75. The van der Waals surface area contributed by atoms with Gasteiger partial charge in [0.15, 0.2) is 0 Å². The van der Waals surface area contributed by atoms with Crippen molar-refractivity contribution in [3.8, 4) is 17.5 Å². The molecule has 1 aromatic carbocycles. The summed E-state index contributed by atoms with van der Waals surface area (Å²) in [5.41, 5.74) is -0.295. The predicted octanol–water partition coefficient (Wildman–Crippen LogP) is 1.70. The Morgan fingerprint density at radius 2 is 1.94 bits per heavy atom. The molecule has 0 aliphatic heterocycles. The number of ether oxygens (including phenoxy) is 1. The first-order valence-corrected chi connectivity index (χ1v) is 5.36. The summed E-state index contributed by atoms with van der Waals surface area (Å²) in [6.07, 6.45) is 0. The Balaban J connectivity index is 2.46. The van der Waals surface area contributed by atoms with Crippen LogP contribution in [0.3, 0.4) is 0 Å². The molecule has 0 bridgehead atoms. The van der Waals surface area contributed by atoms with Crippen molar-refractivity contribution < 1.29 is 9.84 Å². The van der Waals surface area contributed by atoms with E-state index in [2.05, 4.69) is 0 Å². The zero-order chi connectivity index (χ0) is 12.4. The second-order valence-electron chi connectivity index (χ2n) is 3.63. The van der Waals surface area contributed by atoms with E-state index in [1.807, 2.05) is 25.1 Å². The number of hydrogen-bond acceptors (Lipinski definition) is 3. The minimum absolute atomic E-state index is 0.166. The van der Waals surface area contributed by atoms with Gasteiger partial charge in [-0.15, -0.1) is 0 Å². The summed E-state index contributed by atoms with van der Waals surface area (Å²) in [6, 6.07) is 9.03. The van der Waals surface area contributed by atoms with Gasteiger partial charge in [0.25, 0.3) is 11.8 Å². The molecule has 5 nitrogen and oxygen atoms in total. The maximum Gasteiger partial charge on any atom is 0.333 e. The van der Waals surface area contributed by atoms with Crippen molar-refractivity contribution >= 4 is 0 Å². The lowest BCUT2D eigenvalue weighted by molar-refractivity contribution is 0.370. The number of aromatic nitrogens is 2. The summed E-state index contributed by atoms with van der Waals surface area (Å²) in [5.74, 6) is 0.586. The van der Waals surface area contributed by atoms with Crippen molar-refractivity contribution in [3.63, 3.8) is 0 Å². The number of rotatable bonds is 3. The van der Waals surface area contributed by atoms with Crippen molar-refractivity contribution in [2.24, 2.45) is 7.05 Å². The molecule has 0 saturated heterocycles. The van der Waals surface area contributed by atoms with Gasteiger partial charge in [0.2, 0.25) is 0 Å². The number of aromatic hydroxyl groups is 1. The molecular weight excluding hydrogens is 220 g/mol. The van der Waals surface area contributed by atoms with Crippen LogP contribution < -0.4 is 10.4 Å². The molecule has 0 radical (unpaired) electrons. The lowest BCUT2D eigenvalue weighted by atomic mass is 10.3. The summed E-state index contributed by atoms with van der Waals surface area (Å²) >= 11 is 0. The van der Waals surface area contributed by atoms with Crippen LogP contribution in [0.1, 0.15) is 6.92 Å². The van der Waals surface area contributed by atoms with Gasteiger partial charge >= 0.3 is 5.69 Å². The molecule has 1 heterocycles. The van der Waals surface area contributed by atoms with Gasteiger partial charge in [0, 0.05) is 13.6 Å². The Morgan fingerprint density at radius 3 is 2.53 bits per heavy atom. The van der Waals surface area contributed by atoms with Crippen LogP contribution in [-0.2, 0) is 13.6 Å². The molecule has 90 valence electrons. The second kappa shape index (κ2) is 4.37. The Labute approximate surface area is 98.5 Å². The number of para-hydroxylation sites is 1. The topological polar surface area (TPSA) is 56.4 Å². The monoisotopic (exact) mass is 234 g/mol. The zero-order valence-electron chi connectivity index (χ0n) is 9.75. The van der Waals surface area contributed by atoms with E-state index >= 15 is 0 Å². The average Bonchev–Trinajstić information content (AvgIpc) is 2.55. The van der Waals surface area contributed by atoms with E-state index in [0.717, 1.165) is 4.57 Å². The molecule has 0 aliphatic carbocycles. The van der Waals surface area contributed by atoms with Crippen molar-refractivity contribution in [2.75, 3.05) is 0 Å². The quantitative estimate of drug-likeness (QED) is 0.879. The molecule has 1 aromatic heterocycles. The standard InChI is InChI=1S/C12H14N2O3/c1-3-14-11(10(15)13(2)12(14)16)17-9-7-5-4-6-8-9/h4-8,15H,3H2,1-2H3. The van der Waals surface area contributed by atoms with E-state index in [0.29, 0.717) is 12.3 Å². The van der Waals surface area contributed by atoms with Crippen LogP contribution in [0.25, 0.3) is 0 Å². The lowest BCUT2D eigenvalue weighted by Gasteiger charge is -2.06. The molecule has 0 fully saturated rings. The highest BCUT2D eigenvalue weighted by molar-refractivity contribution is 5.33. The SMILES string of the molecule is CCn1c(Oc2ccccc2)c(O)n(C)c1=O. The van der Waals surface area contributed by atoms with Crippen LogP contribution in [0, 0.1) is 0 Å². The molecule has 0 aliphatic rings. The third kappa shape index (κ3) is 1.91. The van der Waals surface area contributed by atoms with E-state index in [4.69, 9.17) is 4.74 Å². The minimum atomic E-state index is -0.295. The molecule has 5 heteroatoms. The van der Waals surface area contributed by atoms with Crippen molar-refractivity contribution in [1.29, 1.82) is 0 Å². The number of benzene rings is 1. The molecule has 0 saturated carbocycles. The van der Waals surface area contributed by atoms with Crippen LogP contribution in [0.5, 0.6) is 17.5 Å². The van der Waals surface area contributed by atoms with Crippen molar-refractivity contribution in [3.05, 3.63) is 40.8 Å². The summed E-state index contributed by atoms with van der Waals surface area (Å²) in [4.78, 5) is 11.7. The predicted molar refractivity (Wildman–Crippen MR) is 63.5 cm³/mol. The van der Waals surface area contributed by atoms with Crippen molar-refractivity contribution in [1.82, 2.24) is 9.13 Å². The molecule has 17 heavy (non-hydrogen) atoms. The van der Waals surface area contributed by atoms with Crippen molar-refractivity contribution in [2.45, 2.75) is 13.5 Å². The van der Waals surface area contributed by atoms with Gasteiger partial charge in [0.1, 0.15) is 5.75 Å². The number of imidazole rings is 1. The van der Waals surface area contributed by atoms with Crippen LogP contribution in [-0.4, -0.2) is 14.2 Å². The summed E-state index contributed by atoms with van der Waals surface area (Å²) in [5, 5.41) is 9.81. The fourth-order valence-electron chi connectivity index (χ4n) is 1.60. The number of nitrogens with zero attached hydrogens (tertiary/aromatic N) is 2. The highest BCUT2D eigenvalue weighted by Gasteiger charge is 2.17. The van der Waals surface area contributed by atoms with Gasteiger partial charge < -0.3 is 9.84 Å². The van der Waals surface area contributed by atoms with Crippen LogP contribution in [0.15, 0.2) is 35.1 Å². The lowest BCUT2D eigenvalue weighted by Crippen LogP contribution is -2.21. The van der Waals surface area contributed by atoms with Gasteiger partial charge in [-0.25, -0.2) is 4.79 Å². The molecule has 0 amide bonds. The fourth-order valence-corrected chi connectivity index (χ4v) is 1.60. The first-order chi connectivity index (χ1) is 8.15. The normalized spacial score (nSPS) is 10.5. The van der Waals surface area contributed by atoms with Gasteiger partial charge in [-0.1, -0.05) is 18.2 Å². The van der Waals surface area contributed by atoms with Gasteiger partial charge in [-0.2, -0.15) is 0 Å². The van der Waals surface area contributed by atoms with Crippen LogP contribution >= 0.6 is 0 Å².